The van der Waals surface area contributed by atoms with Crippen molar-refractivity contribution in [3.8, 4) is 11.3 Å². The van der Waals surface area contributed by atoms with Crippen LogP contribution >= 0.6 is 0 Å². The monoisotopic (exact) mass is 230 g/mol. The zero-order valence-corrected chi connectivity index (χ0v) is 10.3. The van der Waals surface area contributed by atoms with Gasteiger partial charge in [-0.25, -0.2) is 4.68 Å². The van der Waals surface area contributed by atoms with Crippen LogP contribution in [-0.2, 0) is 13.1 Å². The first-order valence-corrected chi connectivity index (χ1v) is 5.94. The molecule has 2 aromatic rings. The molecule has 0 fully saturated rings. The number of rotatable bonds is 4. The summed E-state index contributed by atoms with van der Waals surface area (Å²) in [6.45, 7) is 5.68. The Morgan fingerprint density at radius 2 is 2.18 bits per heavy atom. The minimum atomic E-state index is 0.558. The Morgan fingerprint density at radius 3 is 2.88 bits per heavy atom. The lowest BCUT2D eigenvalue weighted by molar-refractivity contribution is 0.584. The Hall–Kier alpha value is -1.68. The second-order valence-corrected chi connectivity index (χ2v) is 4.20. The SMILES string of the molecule is CCCn1nncc1-c1cc(CN)ccc1C. The molecule has 0 aliphatic rings. The Morgan fingerprint density at radius 1 is 1.35 bits per heavy atom. The van der Waals surface area contributed by atoms with E-state index in [2.05, 4.69) is 42.4 Å². The lowest BCUT2D eigenvalue weighted by atomic mass is 10.0. The number of nitrogens with zero attached hydrogens (tertiary/aromatic N) is 3. The highest BCUT2D eigenvalue weighted by molar-refractivity contribution is 5.63. The summed E-state index contributed by atoms with van der Waals surface area (Å²) in [5, 5.41) is 8.11. The molecule has 90 valence electrons. The summed E-state index contributed by atoms with van der Waals surface area (Å²) in [4.78, 5) is 0. The van der Waals surface area contributed by atoms with Crippen LogP contribution in [-0.4, -0.2) is 15.0 Å². The van der Waals surface area contributed by atoms with Gasteiger partial charge in [-0.15, -0.1) is 5.10 Å². The highest BCUT2D eigenvalue weighted by Gasteiger charge is 2.09. The largest absolute Gasteiger partial charge is 0.326 e. The Labute approximate surface area is 101 Å². The van der Waals surface area contributed by atoms with E-state index in [9.17, 15) is 0 Å². The van der Waals surface area contributed by atoms with E-state index in [4.69, 9.17) is 5.73 Å². The van der Waals surface area contributed by atoms with E-state index in [1.165, 1.54) is 11.1 Å². The molecular weight excluding hydrogens is 212 g/mol. The minimum absolute atomic E-state index is 0.558. The third-order valence-corrected chi connectivity index (χ3v) is 2.87. The Bertz CT molecular complexity index is 502. The fraction of sp³-hybridized carbons (Fsp3) is 0.385. The number of nitrogens with two attached hydrogens (primary N) is 1. The molecule has 1 aromatic heterocycles. The van der Waals surface area contributed by atoms with E-state index in [0.717, 1.165) is 24.2 Å². The fourth-order valence-corrected chi connectivity index (χ4v) is 1.92. The normalized spacial score (nSPS) is 10.8. The van der Waals surface area contributed by atoms with Gasteiger partial charge >= 0.3 is 0 Å². The van der Waals surface area contributed by atoms with Crippen molar-refractivity contribution < 1.29 is 0 Å². The molecule has 1 heterocycles. The summed E-state index contributed by atoms with van der Waals surface area (Å²) < 4.78 is 1.95. The van der Waals surface area contributed by atoms with Crippen LogP contribution in [0.1, 0.15) is 24.5 Å². The third-order valence-electron chi connectivity index (χ3n) is 2.87. The van der Waals surface area contributed by atoms with Crippen molar-refractivity contribution in [3.63, 3.8) is 0 Å². The fourth-order valence-electron chi connectivity index (χ4n) is 1.92. The predicted molar refractivity (Wildman–Crippen MR) is 68.4 cm³/mol. The van der Waals surface area contributed by atoms with Crippen molar-refractivity contribution in [2.45, 2.75) is 33.4 Å². The van der Waals surface area contributed by atoms with Gasteiger partial charge < -0.3 is 5.73 Å². The van der Waals surface area contributed by atoms with E-state index in [1.54, 1.807) is 0 Å². The number of aromatic nitrogens is 3. The molecule has 0 spiro atoms. The molecule has 1 aromatic carbocycles. The molecule has 0 aliphatic carbocycles. The van der Waals surface area contributed by atoms with Crippen LogP contribution in [0.25, 0.3) is 11.3 Å². The average Bonchev–Trinajstić information content (AvgIpc) is 2.78. The van der Waals surface area contributed by atoms with Crippen LogP contribution in [0.3, 0.4) is 0 Å². The molecule has 0 amide bonds. The summed E-state index contributed by atoms with van der Waals surface area (Å²) in [7, 11) is 0. The molecule has 0 saturated carbocycles. The second kappa shape index (κ2) is 5.10. The van der Waals surface area contributed by atoms with Crippen molar-refractivity contribution in [1.29, 1.82) is 0 Å². The molecule has 0 radical (unpaired) electrons. The standard InChI is InChI=1S/C13H18N4/c1-3-6-17-13(9-15-16-17)12-7-11(8-14)5-4-10(12)2/h4-5,7,9H,3,6,8,14H2,1-2H3. The first kappa shape index (κ1) is 11.8. The van der Waals surface area contributed by atoms with Crippen molar-refractivity contribution in [2.24, 2.45) is 5.73 Å². The van der Waals surface area contributed by atoms with Crippen LogP contribution in [0, 0.1) is 6.92 Å². The minimum Gasteiger partial charge on any atom is -0.326 e. The quantitative estimate of drug-likeness (QED) is 0.875. The summed E-state index contributed by atoms with van der Waals surface area (Å²) in [6, 6.07) is 6.29. The van der Waals surface area contributed by atoms with Gasteiger partial charge in [0.15, 0.2) is 0 Å². The van der Waals surface area contributed by atoms with Gasteiger partial charge in [-0.1, -0.05) is 24.3 Å². The molecule has 0 saturated heterocycles. The number of aryl methyl sites for hydroxylation is 2. The van der Waals surface area contributed by atoms with Gasteiger partial charge in [-0.2, -0.15) is 0 Å². The number of hydrogen-bond acceptors (Lipinski definition) is 3. The smallest absolute Gasteiger partial charge is 0.0888 e. The van der Waals surface area contributed by atoms with Crippen molar-refractivity contribution in [1.82, 2.24) is 15.0 Å². The highest BCUT2D eigenvalue weighted by Crippen LogP contribution is 2.23. The van der Waals surface area contributed by atoms with Gasteiger partial charge in [0.05, 0.1) is 11.9 Å². The Balaban J connectivity index is 2.47. The molecule has 0 bridgehead atoms. The van der Waals surface area contributed by atoms with Gasteiger partial charge in [-0.05, 0) is 30.5 Å². The van der Waals surface area contributed by atoms with Crippen LogP contribution in [0.2, 0.25) is 0 Å². The van der Waals surface area contributed by atoms with Crippen LogP contribution in [0.5, 0.6) is 0 Å². The molecular formula is C13H18N4. The van der Waals surface area contributed by atoms with Gasteiger partial charge in [0, 0.05) is 18.7 Å². The summed E-state index contributed by atoms with van der Waals surface area (Å²) >= 11 is 0. The summed E-state index contributed by atoms with van der Waals surface area (Å²) in [6.07, 6.45) is 2.87. The van der Waals surface area contributed by atoms with E-state index < -0.39 is 0 Å². The molecule has 2 N–H and O–H groups in total. The zero-order valence-electron chi connectivity index (χ0n) is 10.3. The van der Waals surface area contributed by atoms with Gasteiger partial charge in [-0.3, -0.25) is 0 Å². The summed E-state index contributed by atoms with van der Waals surface area (Å²) in [5.41, 5.74) is 10.3. The van der Waals surface area contributed by atoms with E-state index >= 15 is 0 Å². The number of benzene rings is 1. The second-order valence-electron chi connectivity index (χ2n) is 4.20. The maximum Gasteiger partial charge on any atom is 0.0888 e. The summed E-state index contributed by atoms with van der Waals surface area (Å²) in [5.74, 6) is 0. The van der Waals surface area contributed by atoms with Gasteiger partial charge in [0.2, 0.25) is 0 Å². The molecule has 4 nitrogen and oxygen atoms in total. The van der Waals surface area contributed by atoms with E-state index in [0.29, 0.717) is 6.54 Å². The molecule has 4 heteroatoms. The van der Waals surface area contributed by atoms with Crippen molar-refractivity contribution in [3.05, 3.63) is 35.5 Å². The first-order chi connectivity index (χ1) is 8.26. The molecule has 0 unspecified atom stereocenters. The zero-order chi connectivity index (χ0) is 12.3. The van der Waals surface area contributed by atoms with Gasteiger partial charge in [0.25, 0.3) is 0 Å². The predicted octanol–water partition coefficient (Wildman–Crippen LogP) is 2.12. The first-order valence-electron chi connectivity index (χ1n) is 5.94. The maximum atomic E-state index is 5.68. The van der Waals surface area contributed by atoms with Crippen molar-refractivity contribution >= 4 is 0 Å². The average molecular weight is 230 g/mol. The lowest BCUT2D eigenvalue weighted by Crippen LogP contribution is -2.03. The van der Waals surface area contributed by atoms with Gasteiger partial charge in [0.1, 0.15) is 0 Å². The highest BCUT2D eigenvalue weighted by atomic mass is 15.4. The molecule has 17 heavy (non-hydrogen) atoms. The molecule has 0 atom stereocenters. The number of hydrogen-bond donors (Lipinski definition) is 1. The molecule has 0 aliphatic heterocycles. The van der Waals surface area contributed by atoms with E-state index in [1.807, 2.05) is 10.9 Å². The van der Waals surface area contributed by atoms with Crippen molar-refractivity contribution in [2.75, 3.05) is 0 Å². The lowest BCUT2D eigenvalue weighted by Gasteiger charge is -2.09. The Kier molecular flexibility index (Phi) is 3.54. The van der Waals surface area contributed by atoms with E-state index in [-0.39, 0.29) is 0 Å². The third kappa shape index (κ3) is 2.36. The maximum absolute atomic E-state index is 5.68. The van der Waals surface area contributed by atoms with Crippen LogP contribution < -0.4 is 5.73 Å². The topological polar surface area (TPSA) is 56.7 Å². The van der Waals surface area contributed by atoms with Crippen LogP contribution in [0.15, 0.2) is 24.4 Å². The molecule has 2 rings (SSSR count). The van der Waals surface area contributed by atoms with Crippen LogP contribution in [0.4, 0.5) is 0 Å².